The first-order chi connectivity index (χ1) is 15.0. The average Bonchev–Trinajstić information content (AvgIpc) is 3.15. The van der Waals surface area contributed by atoms with Crippen LogP contribution in [-0.4, -0.2) is 42.7 Å². The number of fused-ring (bicyclic) bond motifs is 1. The standard InChI is InChI=1S/C21H24ClFN6OS/c1-29(17-4-2-14(22)12-15(17)23)18-5-3-16-19(27-18)31-21(26-16)28-20(30)25-11-8-13-6-9-24-10-7-13/h2-5,12-13,24H,6-11H2,1H3,(H2,25,26,28,30). The SMILES string of the molecule is CN(c1ccc2nc(NC(=O)NCCC3CCNCC3)sc2n1)c1ccc(Cl)cc1F. The fourth-order valence-electron chi connectivity index (χ4n) is 3.63. The molecule has 0 spiro atoms. The summed E-state index contributed by atoms with van der Waals surface area (Å²) < 4.78 is 14.2. The minimum atomic E-state index is -0.426. The maximum atomic E-state index is 14.2. The van der Waals surface area contributed by atoms with Gasteiger partial charge < -0.3 is 15.5 Å². The molecular formula is C21H24ClFN6OS. The molecule has 0 radical (unpaired) electrons. The average molecular weight is 463 g/mol. The number of benzene rings is 1. The number of pyridine rings is 1. The van der Waals surface area contributed by atoms with E-state index in [1.807, 2.05) is 0 Å². The van der Waals surface area contributed by atoms with Crippen LogP contribution < -0.4 is 20.9 Å². The molecule has 0 saturated carbocycles. The number of aromatic nitrogens is 2. The first-order valence-electron chi connectivity index (χ1n) is 10.2. The van der Waals surface area contributed by atoms with Gasteiger partial charge in [-0.1, -0.05) is 22.9 Å². The highest BCUT2D eigenvalue weighted by Gasteiger charge is 2.15. The van der Waals surface area contributed by atoms with E-state index >= 15 is 0 Å². The van der Waals surface area contributed by atoms with Crippen molar-refractivity contribution in [2.24, 2.45) is 5.92 Å². The van der Waals surface area contributed by atoms with E-state index in [4.69, 9.17) is 11.6 Å². The Labute approximate surface area is 189 Å². The second kappa shape index (κ2) is 9.76. The smallest absolute Gasteiger partial charge is 0.321 e. The fourth-order valence-corrected chi connectivity index (χ4v) is 4.61. The van der Waals surface area contributed by atoms with Crippen molar-refractivity contribution >= 4 is 56.0 Å². The number of nitrogens with one attached hydrogen (secondary N) is 3. The summed E-state index contributed by atoms with van der Waals surface area (Å²) in [5, 5.41) is 9.84. The molecule has 0 unspecified atom stereocenters. The molecule has 1 aliphatic rings. The van der Waals surface area contributed by atoms with Crippen molar-refractivity contribution < 1.29 is 9.18 Å². The van der Waals surface area contributed by atoms with Gasteiger partial charge in [0.15, 0.2) is 5.13 Å². The fraction of sp³-hybridized carbons (Fsp3) is 0.381. The molecule has 1 aliphatic heterocycles. The third-order valence-corrected chi connectivity index (χ3v) is 6.49. The molecule has 4 rings (SSSR count). The highest BCUT2D eigenvalue weighted by Crippen LogP contribution is 2.31. The lowest BCUT2D eigenvalue weighted by molar-refractivity contribution is 0.250. The summed E-state index contributed by atoms with van der Waals surface area (Å²) in [4.78, 5) is 23.5. The summed E-state index contributed by atoms with van der Waals surface area (Å²) in [5.41, 5.74) is 1.04. The van der Waals surface area contributed by atoms with Crippen LogP contribution in [0.2, 0.25) is 5.02 Å². The Morgan fingerprint density at radius 1 is 1.29 bits per heavy atom. The number of carbonyl (C=O) groups is 1. The van der Waals surface area contributed by atoms with E-state index in [1.54, 1.807) is 36.2 Å². The molecule has 164 valence electrons. The van der Waals surface area contributed by atoms with E-state index in [-0.39, 0.29) is 6.03 Å². The quantitative estimate of drug-likeness (QED) is 0.492. The van der Waals surface area contributed by atoms with Crippen LogP contribution in [0.15, 0.2) is 30.3 Å². The van der Waals surface area contributed by atoms with Gasteiger partial charge >= 0.3 is 6.03 Å². The maximum absolute atomic E-state index is 14.2. The lowest BCUT2D eigenvalue weighted by Crippen LogP contribution is -2.33. The Bertz CT molecular complexity index is 1070. The molecule has 0 aliphatic carbocycles. The first-order valence-corrected chi connectivity index (χ1v) is 11.4. The van der Waals surface area contributed by atoms with Crippen molar-refractivity contribution in [1.82, 2.24) is 20.6 Å². The molecule has 31 heavy (non-hydrogen) atoms. The number of urea groups is 1. The summed E-state index contributed by atoms with van der Waals surface area (Å²) >= 11 is 7.11. The zero-order chi connectivity index (χ0) is 21.8. The van der Waals surface area contributed by atoms with Crippen molar-refractivity contribution in [1.29, 1.82) is 0 Å². The number of anilines is 3. The van der Waals surface area contributed by atoms with Crippen molar-refractivity contribution in [3.8, 4) is 0 Å². The Hall–Kier alpha value is -2.49. The molecule has 1 aromatic carbocycles. The summed E-state index contributed by atoms with van der Waals surface area (Å²) in [7, 11) is 1.73. The summed E-state index contributed by atoms with van der Waals surface area (Å²) in [5.74, 6) is 0.800. The number of piperidine rings is 1. The largest absolute Gasteiger partial charge is 0.338 e. The van der Waals surface area contributed by atoms with Crippen LogP contribution in [0.3, 0.4) is 0 Å². The van der Waals surface area contributed by atoms with Crippen LogP contribution in [0.1, 0.15) is 19.3 Å². The van der Waals surface area contributed by atoms with Crippen molar-refractivity contribution in [3.05, 3.63) is 41.2 Å². The number of rotatable bonds is 6. The Morgan fingerprint density at radius 3 is 2.87 bits per heavy atom. The topological polar surface area (TPSA) is 82.2 Å². The van der Waals surface area contributed by atoms with Crippen LogP contribution in [0.4, 0.5) is 25.8 Å². The molecule has 0 bridgehead atoms. The van der Waals surface area contributed by atoms with Gasteiger partial charge in [-0.2, -0.15) is 0 Å². The third-order valence-electron chi connectivity index (χ3n) is 5.37. The number of amides is 2. The van der Waals surface area contributed by atoms with E-state index in [9.17, 15) is 9.18 Å². The van der Waals surface area contributed by atoms with E-state index < -0.39 is 5.82 Å². The van der Waals surface area contributed by atoms with Gasteiger partial charge in [-0.05, 0) is 68.6 Å². The van der Waals surface area contributed by atoms with Crippen LogP contribution in [0.5, 0.6) is 0 Å². The molecular weight excluding hydrogens is 439 g/mol. The van der Waals surface area contributed by atoms with Gasteiger partial charge in [0.1, 0.15) is 22.0 Å². The third kappa shape index (κ3) is 5.41. The van der Waals surface area contributed by atoms with E-state index in [0.29, 0.717) is 44.5 Å². The van der Waals surface area contributed by atoms with Gasteiger partial charge in [-0.15, -0.1) is 0 Å². The molecule has 0 atom stereocenters. The predicted molar refractivity (Wildman–Crippen MR) is 124 cm³/mol. The number of thiazole rings is 1. The molecule has 7 nitrogen and oxygen atoms in total. The molecule has 3 N–H and O–H groups in total. The summed E-state index contributed by atoms with van der Waals surface area (Å²) in [6.07, 6.45) is 3.29. The Balaban J connectivity index is 1.38. The van der Waals surface area contributed by atoms with Gasteiger partial charge in [-0.3, -0.25) is 5.32 Å². The van der Waals surface area contributed by atoms with Gasteiger partial charge in [0.05, 0.1) is 5.69 Å². The van der Waals surface area contributed by atoms with Gasteiger partial charge in [0.25, 0.3) is 0 Å². The van der Waals surface area contributed by atoms with Crippen LogP contribution in [0, 0.1) is 11.7 Å². The van der Waals surface area contributed by atoms with Crippen molar-refractivity contribution in [3.63, 3.8) is 0 Å². The van der Waals surface area contributed by atoms with Crippen LogP contribution >= 0.6 is 22.9 Å². The number of nitrogens with zero attached hydrogens (tertiary/aromatic N) is 3. The lowest BCUT2D eigenvalue weighted by Gasteiger charge is -2.22. The maximum Gasteiger partial charge on any atom is 0.321 e. The van der Waals surface area contributed by atoms with E-state index in [1.165, 1.54) is 17.4 Å². The molecule has 10 heteroatoms. The molecule has 2 aromatic heterocycles. The van der Waals surface area contributed by atoms with Crippen molar-refractivity contribution in [2.45, 2.75) is 19.3 Å². The number of carbonyl (C=O) groups excluding carboxylic acids is 1. The molecule has 3 aromatic rings. The predicted octanol–water partition coefficient (Wildman–Crippen LogP) is 4.76. The molecule has 2 amide bonds. The van der Waals surface area contributed by atoms with Crippen molar-refractivity contribution in [2.75, 3.05) is 36.9 Å². The number of hydrogen-bond donors (Lipinski definition) is 3. The second-order valence-corrected chi connectivity index (χ2v) is 8.94. The van der Waals surface area contributed by atoms with Crippen LogP contribution in [-0.2, 0) is 0 Å². The normalized spacial score (nSPS) is 14.5. The zero-order valence-electron chi connectivity index (χ0n) is 17.1. The van der Waals surface area contributed by atoms with E-state index in [2.05, 4.69) is 25.9 Å². The zero-order valence-corrected chi connectivity index (χ0v) is 18.7. The highest BCUT2D eigenvalue weighted by molar-refractivity contribution is 7.22. The number of halogens is 2. The second-order valence-electron chi connectivity index (χ2n) is 7.53. The van der Waals surface area contributed by atoms with Gasteiger partial charge in [0, 0.05) is 18.6 Å². The number of hydrogen-bond acceptors (Lipinski definition) is 6. The van der Waals surface area contributed by atoms with Gasteiger partial charge in [0.2, 0.25) is 0 Å². The van der Waals surface area contributed by atoms with Crippen LogP contribution in [0.25, 0.3) is 10.3 Å². The van der Waals surface area contributed by atoms with E-state index in [0.717, 1.165) is 32.4 Å². The minimum absolute atomic E-state index is 0.270. The highest BCUT2D eigenvalue weighted by atomic mass is 35.5. The summed E-state index contributed by atoms with van der Waals surface area (Å²) in [6, 6.07) is 7.81. The monoisotopic (exact) mass is 462 g/mol. The summed E-state index contributed by atoms with van der Waals surface area (Å²) in [6.45, 7) is 2.75. The molecule has 3 heterocycles. The Kier molecular flexibility index (Phi) is 6.84. The minimum Gasteiger partial charge on any atom is -0.338 e. The molecule has 1 fully saturated rings. The Morgan fingerprint density at radius 2 is 2.10 bits per heavy atom. The van der Waals surface area contributed by atoms with Gasteiger partial charge in [-0.25, -0.2) is 19.2 Å². The lowest BCUT2D eigenvalue weighted by atomic mass is 9.95. The molecule has 1 saturated heterocycles. The first kappa shape index (κ1) is 21.7.